The number of fused-ring (bicyclic) bond motifs is 3. The Bertz CT molecular complexity index is 1640. The van der Waals surface area contributed by atoms with E-state index in [0.29, 0.717) is 11.1 Å². The molecule has 2 amide bonds. The van der Waals surface area contributed by atoms with Gasteiger partial charge in [-0.25, -0.2) is 4.39 Å². The molecule has 8 nitrogen and oxygen atoms in total. The number of hydrogen-bond acceptors (Lipinski definition) is 5. The molecule has 1 aliphatic carbocycles. The molecule has 0 saturated heterocycles. The third kappa shape index (κ3) is 6.86. The maximum absolute atomic E-state index is 14.4. The van der Waals surface area contributed by atoms with Crippen molar-refractivity contribution in [2.45, 2.75) is 50.4 Å². The van der Waals surface area contributed by atoms with E-state index in [1.807, 2.05) is 6.92 Å². The van der Waals surface area contributed by atoms with E-state index in [9.17, 15) is 31.9 Å². The van der Waals surface area contributed by atoms with E-state index in [1.165, 1.54) is 36.5 Å². The number of benzene rings is 2. The number of primary amides is 1. The quantitative estimate of drug-likeness (QED) is 0.315. The number of amides is 2. The summed E-state index contributed by atoms with van der Waals surface area (Å²) < 4.78 is 68.5. The Hall–Kier alpha value is -3.90. The molecule has 0 bridgehead atoms. The molecule has 1 unspecified atom stereocenters. The van der Waals surface area contributed by atoms with Crippen molar-refractivity contribution in [3.8, 4) is 16.9 Å². The lowest BCUT2D eigenvalue weighted by atomic mass is 9.91. The van der Waals surface area contributed by atoms with Crippen LogP contribution >= 0.6 is 11.6 Å². The van der Waals surface area contributed by atoms with Crippen LogP contribution in [0.15, 0.2) is 53.5 Å². The number of carbonyl (C=O) groups is 2. The number of carbonyl (C=O) groups excluding carboxylic acids is 2. The highest BCUT2D eigenvalue weighted by atomic mass is 35.5. The van der Waals surface area contributed by atoms with Crippen LogP contribution in [0.5, 0.6) is 5.75 Å². The minimum Gasteiger partial charge on any atom is -0.491 e. The summed E-state index contributed by atoms with van der Waals surface area (Å²) in [6.45, 7) is 1.29. The summed E-state index contributed by atoms with van der Waals surface area (Å²) in [6, 6.07) is 7.74. The van der Waals surface area contributed by atoms with E-state index in [0.717, 1.165) is 29.5 Å². The summed E-state index contributed by atoms with van der Waals surface area (Å²) in [6.07, 6.45) is -2.03. The van der Waals surface area contributed by atoms with E-state index in [-0.39, 0.29) is 52.6 Å². The highest BCUT2D eigenvalue weighted by Crippen LogP contribution is 2.41. The fourth-order valence-electron chi connectivity index (χ4n) is 4.95. The smallest absolute Gasteiger partial charge is 0.395 e. The zero-order valence-electron chi connectivity index (χ0n) is 23.0. The van der Waals surface area contributed by atoms with Gasteiger partial charge < -0.3 is 20.5 Å². The van der Waals surface area contributed by atoms with Gasteiger partial charge in [0, 0.05) is 35.4 Å². The van der Waals surface area contributed by atoms with Gasteiger partial charge in [0.2, 0.25) is 5.91 Å². The van der Waals surface area contributed by atoms with Crippen molar-refractivity contribution in [3.05, 3.63) is 81.0 Å². The number of nitrogens with two attached hydrogens (primary N) is 1. The van der Waals surface area contributed by atoms with Gasteiger partial charge in [0.05, 0.1) is 23.3 Å². The Labute approximate surface area is 248 Å². The van der Waals surface area contributed by atoms with E-state index < -0.39 is 47.9 Å². The second-order valence-corrected chi connectivity index (χ2v) is 11.4. The number of halogens is 5. The van der Waals surface area contributed by atoms with Crippen LogP contribution in [0.1, 0.15) is 48.1 Å². The average Bonchev–Trinajstić information content (AvgIpc) is 3.65. The molecule has 43 heavy (non-hydrogen) atoms. The predicted molar refractivity (Wildman–Crippen MR) is 151 cm³/mol. The second kappa shape index (κ2) is 11.6. The third-order valence-electron chi connectivity index (χ3n) is 7.71. The predicted octanol–water partition coefficient (Wildman–Crippen LogP) is 5.66. The van der Waals surface area contributed by atoms with Gasteiger partial charge in [-0.3, -0.25) is 19.0 Å². The van der Waals surface area contributed by atoms with Crippen LogP contribution in [0.3, 0.4) is 0 Å². The minimum atomic E-state index is -4.55. The topological polar surface area (TPSA) is 113 Å². The molecule has 228 valence electrons. The molecule has 0 radical (unpaired) electrons. The molecule has 2 aliphatic rings. The molecule has 1 aliphatic heterocycles. The Balaban J connectivity index is 1.53. The number of hydrogen-bond donors (Lipinski definition) is 2. The van der Waals surface area contributed by atoms with Crippen molar-refractivity contribution in [1.82, 2.24) is 4.57 Å². The van der Waals surface area contributed by atoms with Crippen molar-refractivity contribution in [3.63, 3.8) is 0 Å². The fraction of sp³-hybridized carbons (Fsp3) is 0.367. The van der Waals surface area contributed by atoms with Crippen molar-refractivity contribution >= 4 is 29.1 Å². The first-order chi connectivity index (χ1) is 20.2. The Morgan fingerprint density at radius 3 is 2.58 bits per heavy atom. The summed E-state index contributed by atoms with van der Waals surface area (Å²) in [4.78, 5) is 38.4. The highest BCUT2D eigenvalue weighted by Gasteiger charge is 2.42. The average molecular weight is 622 g/mol. The lowest BCUT2D eigenvalue weighted by Gasteiger charge is -2.27. The SMILES string of the molecule is CC1(OCCC(C(=O)Nc2ccc(C(N)=O)c(F)c2)n2cc3c(cc2=O)-c2cc(Cl)ccc2C[C@@H](C(F)(F)F)CO3)CC1. The summed E-state index contributed by atoms with van der Waals surface area (Å²) >= 11 is 6.18. The first kappa shape index (κ1) is 30.6. The molecule has 2 atom stereocenters. The molecule has 2 heterocycles. The standard InChI is InChI=1S/C30H28ClF4N3O5/c1-29(7-8-29)43-9-6-24(28(41)37-19-4-5-20(27(36)40)23(32)12-19)38-14-25-22(13-26(38)39)21-11-18(31)3-2-16(21)10-17(15-42-25)30(33,34)35/h2-5,11-14,17,24H,6-10,15H2,1H3,(H2,36,40)(H,37,41)/t17-,24?/m1/s1. The largest absolute Gasteiger partial charge is 0.491 e. The number of rotatable bonds is 8. The lowest BCUT2D eigenvalue weighted by Crippen LogP contribution is -2.35. The van der Waals surface area contributed by atoms with Crippen LogP contribution in [-0.4, -0.2) is 41.4 Å². The van der Waals surface area contributed by atoms with Gasteiger partial charge in [-0.15, -0.1) is 0 Å². The van der Waals surface area contributed by atoms with E-state index in [2.05, 4.69) is 5.32 Å². The summed E-state index contributed by atoms with van der Waals surface area (Å²) in [5.41, 5.74) is 4.72. The minimum absolute atomic E-state index is 0.000270. The maximum atomic E-state index is 14.4. The van der Waals surface area contributed by atoms with Gasteiger partial charge in [0.25, 0.3) is 11.5 Å². The van der Waals surface area contributed by atoms with Gasteiger partial charge in [0.1, 0.15) is 24.2 Å². The summed E-state index contributed by atoms with van der Waals surface area (Å²) in [5.74, 6) is -4.52. The van der Waals surface area contributed by atoms with Crippen LogP contribution in [0.2, 0.25) is 5.02 Å². The fourth-order valence-corrected chi connectivity index (χ4v) is 5.12. The van der Waals surface area contributed by atoms with Crippen LogP contribution in [0.25, 0.3) is 11.1 Å². The van der Waals surface area contributed by atoms with Crippen LogP contribution < -0.4 is 21.3 Å². The molecule has 3 N–H and O–H groups in total. The maximum Gasteiger partial charge on any atom is 0.395 e. The molecule has 1 saturated carbocycles. The van der Waals surface area contributed by atoms with Crippen LogP contribution in [0, 0.1) is 11.7 Å². The molecular weight excluding hydrogens is 594 g/mol. The number of pyridine rings is 1. The molecule has 3 aromatic rings. The number of anilines is 1. The Morgan fingerprint density at radius 2 is 1.93 bits per heavy atom. The molecule has 1 aromatic heterocycles. The molecule has 1 fully saturated rings. The molecular formula is C30H28ClF4N3O5. The van der Waals surface area contributed by atoms with Crippen molar-refractivity contribution in [1.29, 1.82) is 0 Å². The normalized spacial score (nSPS) is 17.9. The number of nitrogens with zero attached hydrogens (tertiary/aromatic N) is 1. The summed E-state index contributed by atoms with van der Waals surface area (Å²) in [5, 5.41) is 2.80. The molecule has 0 spiro atoms. The Kier molecular flexibility index (Phi) is 8.28. The number of alkyl halides is 3. The van der Waals surface area contributed by atoms with E-state index in [1.54, 1.807) is 0 Å². The van der Waals surface area contributed by atoms with E-state index in [4.69, 9.17) is 26.8 Å². The van der Waals surface area contributed by atoms with Gasteiger partial charge in [-0.2, -0.15) is 13.2 Å². The number of aromatic nitrogens is 1. The first-order valence-corrected chi connectivity index (χ1v) is 13.9. The van der Waals surface area contributed by atoms with Crippen molar-refractivity contribution in [2.24, 2.45) is 11.7 Å². The van der Waals surface area contributed by atoms with E-state index >= 15 is 0 Å². The monoisotopic (exact) mass is 621 g/mol. The third-order valence-corrected chi connectivity index (χ3v) is 7.95. The number of nitrogens with one attached hydrogen (secondary N) is 1. The zero-order chi connectivity index (χ0) is 31.1. The van der Waals surface area contributed by atoms with Crippen LogP contribution in [-0.2, 0) is 16.0 Å². The van der Waals surface area contributed by atoms with Gasteiger partial charge in [0.15, 0.2) is 0 Å². The highest BCUT2D eigenvalue weighted by molar-refractivity contribution is 6.30. The molecule has 5 rings (SSSR count). The number of ether oxygens (including phenoxy) is 2. The zero-order valence-corrected chi connectivity index (χ0v) is 23.7. The van der Waals surface area contributed by atoms with Gasteiger partial charge >= 0.3 is 6.18 Å². The first-order valence-electron chi connectivity index (χ1n) is 13.5. The Morgan fingerprint density at radius 1 is 1.19 bits per heavy atom. The summed E-state index contributed by atoms with van der Waals surface area (Å²) in [7, 11) is 0. The lowest BCUT2D eigenvalue weighted by molar-refractivity contribution is -0.181. The molecule has 2 aromatic carbocycles. The van der Waals surface area contributed by atoms with Crippen LogP contribution in [0.4, 0.5) is 23.2 Å². The van der Waals surface area contributed by atoms with Crippen molar-refractivity contribution in [2.75, 3.05) is 18.5 Å². The van der Waals surface area contributed by atoms with Gasteiger partial charge in [-0.05, 0) is 67.6 Å². The molecule has 13 heteroatoms. The second-order valence-electron chi connectivity index (χ2n) is 11.0. The van der Waals surface area contributed by atoms with Crippen molar-refractivity contribution < 1.29 is 36.6 Å². The van der Waals surface area contributed by atoms with Gasteiger partial charge in [-0.1, -0.05) is 17.7 Å².